The second-order valence-electron chi connectivity index (χ2n) is 5.80. The Bertz CT molecular complexity index is 195. The van der Waals surface area contributed by atoms with Crippen LogP contribution < -0.4 is 0 Å². The van der Waals surface area contributed by atoms with E-state index in [1.807, 2.05) is 0 Å². The molecule has 0 amide bonds. The third-order valence-corrected chi connectivity index (χ3v) is 34.5. The van der Waals surface area contributed by atoms with Gasteiger partial charge in [-0.15, -0.1) is 0 Å². The fourth-order valence-electron chi connectivity index (χ4n) is 1.99. The van der Waals surface area contributed by atoms with Crippen molar-refractivity contribution < 1.29 is 4.57 Å². The summed E-state index contributed by atoms with van der Waals surface area (Å²) in [4.78, 5) is 0. The third-order valence-electron chi connectivity index (χ3n) is 2.71. The summed E-state index contributed by atoms with van der Waals surface area (Å²) in [6.45, 7) is 15.8. The molecule has 0 aliphatic carbocycles. The van der Waals surface area contributed by atoms with E-state index in [1.165, 1.54) is 0 Å². The lowest BCUT2D eigenvalue weighted by molar-refractivity contribution is 0.589. The van der Waals surface area contributed by atoms with Crippen molar-refractivity contribution in [3.63, 3.8) is 0 Å². The molecule has 0 aromatic rings. The summed E-state index contributed by atoms with van der Waals surface area (Å²) in [6, 6.07) is 0. The van der Waals surface area contributed by atoms with Gasteiger partial charge in [-0.2, -0.15) is 0 Å². The lowest BCUT2D eigenvalue weighted by Gasteiger charge is -2.38. The first-order valence-corrected chi connectivity index (χ1v) is 15.7. The monoisotopic (exact) mass is 236 g/mol. The molecule has 0 aromatic carbocycles. The SMILES string of the molecule is CCCP(=O)([Si](C)(C)C)[Si](C)(C)C. The number of rotatable bonds is 4. The molecule has 1 nitrogen and oxygen atoms in total. The highest BCUT2D eigenvalue weighted by Gasteiger charge is 2.47. The molecule has 13 heavy (non-hydrogen) atoms. The largest absolute Gasteiger partial charge is 0.334 e. The first kappa shape index (κ1) is 13.7. The van der Waals surface area contributed by atoms with Crippen molar-refractivity contribution in [1.82, 2.24) is 0 Å². The highest BCUT2D eigenvalue weighted by Crippen LogP contribution is 2.62. The maximum Gasteiger partial charge on any atom is 0.113 e. The first-order valence-electron chi connectivity index (χ1n) is 5.15. The Morgan fingerprint density at radius 2 is 1.23 bits per heavy atom. The molecule has 0 N–H and O–H groups in total. The predicted molar refractivity (Wildman–Crippen MR) is 69.5 cm³/mol. The smallest absolute Gasteiger partial charge is 0.113 e. The van der Waals surface area contributed by atoms with Gasteiger partial charge in [0.05, 0.1) is 6.24 Å². The Kier molecular flexibility index (Phi) is 4.24. The van der Waals surface area contributed by atoms with Gasteiger partial charge in [0.15, 0.2) is 0 Å². The van der Waals surface area contributed by atoms with Crippen LogP contribution in [-0.2, 0) is 4.57 Å². The van der Waals surface area contributed by atoms with Gasteiger partial charge in [-0.05, 0) is 6.16 Å². The lowest BCUT2D eigenvalue weighted by Crippen LogP contribution is -2.37. The van der Waals surface area contributed by atoms with Gasteiger partial charge in [0, 0.05) is 0 Å². The maximum absolute atomic E-state index is 13.0. The molecule has 0 heterocycles. The summed E-state index contributed by atoms with van der Waals surface area (Å²) in [7, 11) is -2.90. The van der Waals surface area contributed by atoms with E-state index in [-0.39, 0.29) is 0 Å². The molecule has 4 heteroatoms. The summed E-state index contributed by atoms with van der Waals surface area (Å²) in [5.74, 6) is 0. The molecule has 0 unspecified atom stereocenters. The fraction of sp³-hybridized carbons (Fsp3) is 1.00. The Balaban J connectivity index is 5.10. The molecule has 0 saturated heterocycles. The molecule has 0 atom stereocenters. The van der Waals surface area contributed by atoms with Crippen LogP contribution in [0.3, 0.4) is 0 Å². The van der Waals surface area contributed by atoms with Crippen LogP contribution in [0.15, 0.2) is 0 Å². The summed E-state index contributed by atoms with van der Waals surface area (Å²) in [5.41, 5.74) is 0. The molecule has 0 saturated carbocycles. The van der Waals surface area contributed by atoms with E-state index < -0.39 is 21.7 Å². The van der Waals surface area contributed by atoms with Crippen LogP contribution in [0.5, 0.6) is 0 Å². The van der Waals surface area contributed by atoms with Gasteiger partial charge in [0.25, 0.3) is 0 Å². The molecule has 0 aliphatic heterocycles. The molecule has 0 bridgehead atoms. The summed E-state index contributed by atoms with van der Waals surface area (Å²) in [5, 5.41) is 0. The molecular formula is C9H25OPSi2. The van der Waals surface area contributed by atoms with Gasteiger partial charge in [-0.1, -0.05) is 52.6 Å². The minimum Gasteiger partial charge on any atom is -0.334 e. The molecule has 0 rings (SSSR count). The lowest BCUT2D eigenvalue weighted by atomic mass is 10.6. The normalized spacial score (nSPS) is 14.7. The van der Waals surface area contributed by atoms with Crippen LogP contribution >= 0.6 is 6.24 Å². The predicted octanol–water partition coefficient (Wildman–Crippen LogP) is 4.43. The minimum atomic E-state index is -1.81. The van der Waals surface area contributed by atoms with Crippen LogP contribution in [0, 0.1) is 0 Å². The van der Waals surface area contributed by atoms with Crippen molar-refractivity contribution >= 4 is 21.7 Å². The Hall–Kier alpha value is 0.664. The summed E-state index contributed by atoms with van der Waals surface area (Å²) < 4.78 is 13.0. The van der Waals surface area contributed by atoms with Gasteiger partial charge >= 0.3 is 0 Å². The Morgan fingerprint density at radius 3 is 1.31 bits per heavy atom. The highest BCUT2D eigenvalue weighted by molar-refractivity contribution is 8.22. The molecule has 0 radical (unpaired) electrons. The van der Waals surface area contributed by atoms with E-state index >= 15 is 0 Å². The Morgan fingerprint density at radius 1 is 0.923 bits per heavy atom. The summed E-state index contributed by atoms with van der Waals surface area (Å²) >= 11 is 0. The minimum absolute atomic E-state index is 0.998. The maximum atomic E-state index is 13.0. The second-order valence-corrected chi connectivity index (χ2v) is 30.1. The summed E-state index contributed by atoms with van der Waals surface area (Å²) in [6.07, 6.45) is 0.278. The van der Waals surface area contributed by atoms with Crippen molar-refractivity contribution in [2.45, 2.75) is 52.6 Å². The van der Waals surface area contributed by atoms with Crippen molar-refractivity contribution in [1.29, 1.82) is 0 Å². The van der Waals surface area contributed by atoms with E-state index in [0.29, 0.717) is 0 Å². The van der Waals surface area contributed by atoms with E-state index in [4.69, 9.17) is 0 Å². The van der Waals surface area contributed by atoms with E-state index in [2.05, 4.69) is 46.2 Å². The molecule has 80 valence electrons. The van der Waals surface area contributed by atoms with E-state index in [0.717, 1.165) is 12.6 Å². The Labute approximate surface area is 85.4 Å². The van der Waals surface area contributed by atoms with Gasteiger partial charge in [0.2, 0.25) is 0 Å². The van der Waals surface area contributed by atoms with Crippen molar-refractivity contribution in [3.05, 3.63) is 0 Å². The van der Waals surface area contributed by atoms with Crippen molar-refractivity contribution in [3.8, 4) is 0 Å². The molecule has 0 aromatic heterocycles. The zero-order valence-electron chi connectivity index (χ0n) is 10.3. The van der Waals surface area contributed by atoms with Gasteiger partial charge in [-0.3, -0.25) is 0 Å². The van der Waals surface area contributed by atoms with Crippen molar-refractivity contribution in [2.24, 2.45) is 0 Å². The van der Waals surface area contributed by atoms with Crippen LogP contribution in [-0.4, -0.2) is 21.6 Å². The first-order chi connectivity index (χ1) is 5.56. The highest BCUT2D eigenvalue weighted by atomic mass is 31.6. The van der Waals surface area contributed by atoms with Crippen LogP contribution in [0.25, 0.3) is 0 Å². The zero-order chi connectivity index (χ0) is 10.9. The molecule has 0 aliphatic rings. The van der Waals surface area contributed by atoms with Gasteiger partial charge in [0.1, 0.15) is 15.5 Å². The topological polar surface area (TPSA) is 17.1 Å². The van der Waals surface area contributed by atoms with Crippen LogP contribution in [0.4, 0.5) is 0 Å². The van der Waals surface area contributed by atoms with Crippen LogP contribution in [0.1, 0.15) is 13.3 Å². The molecule has 0 fully saturated rings. The van der Waals surface area contributed by atoms with E-state index in [9.17, 15) is 4.57 Å². The van der Waals surface area contributed by atoms with E-state index in [1.54, 1.807) is 0 Å². The molecule has 0 spiro atoms. The number of hydrogen-bond acceptors (Lipinski definition) is 1. The second kappa shape index (κ2) is 4.03. The number of hydrogen-bond donors (Lipinski definition) is 0. The van der Waals surface area contributed by atoms with Gasteiger partial charge in [-0.25, -0.2) is 0 Å². The third kappa shape index (κ3) is 2.80. The molecular weight excluding hydrogens is 211 g/mol. The van der Waals surface area contributed by atoms with Gasteiger partial charge < -0.3 is 4.57 Å². The average molecular weight is 236 g/mol. The van der Waals surface area contributed by atoms with Crippen LogP contribution in [0.2, 0.25) is 39.3 Å². The quantitative estimate of drug-likeness (QED) is 0.521. The standard InChI is InChI=1S/C9H25OPSi2/c1-8-9-11(10,12(2,3)4)13(5,6)7/h8-9H2,1-7H3. The average Bonchev–Trinajstić information content (AvgIpc) is 1.82. The van der Waals surface area contributed by atoms with Crippen molar-refractivity contribution in [2.75, 3.05) is 6.16 Å². The fourth-order valence-corrected chi connectivity index (χ4v) is 35.5. The zero-order valence-corrected chi connectivity index (χ0v) is 13.2.